The van der Waals surface area contributed by atoms with Crippen molar-refractivity contribution < 1.29 is 13.9 Å². The minimum Gasteiger partial charge on any atom is -0.489 e. The molecule has 1 aromatic rings. The number of hydrogen-bond acceptors (Lipinski definition) is 2. The number of carbonyl (C=O) groups excluding carboxylic acids is 1. The molecule has 3 nitrogen and oxygen atoms in total. The Bertz CT molecular complexity index is 521. The molecule has 1 aliphatic heterocycles. The van der Waals surface area contributed by atoms with Gasteiger partial charge in [-0.15, -0.1) is 0 Å². The van der Waals surface area contributed by atoms with Crippen molar-refractivity contribution in [2.24, 2.45) is 4.99 Å². The SMILES string of the molecule is CC/C(=C/F)COc1ccc2c(c1)CC=NC2=O. The second kappa shape index (κ2) is 5.58. The van der Waals surface area contributed by atoms with Gasteiger partial charge in [-0.25, -0.2) is 9.38 Å². The molecule has 0 aliphatic carbocycles. The average molecular weight is 247 g/mol. The first kappa shape index (κ1) is 12.5. The van der Waals surface area contributed by atoms with Gasteiger partial charge in [0.25, 0.3) is 5.91 Å². The summed E-state index contributed by atoms with van der Waals surface area (Å²) in [6.07, 6.45) is 3.41. The van der Waals surface area contributed by atoms with Gasteiger partial charge in [0.2, 0.25) is 0 Å². The van der Waals surface area contributed by atoms with Crippen molar-refractivity contribution in [3.05, 3.63) is 41.2 Å². The molecular weight excluding hydrogens is 233 g/mol. The number of aliphatic imine (C=N–C) groups is 1. The molecule has 0 aromatic heterocycles. The van der Waals surface area contributed by atoms with Crippen molar-refractivity contribution in [2.45, 2.75) is 19.8 Å². The third-order valence-electron chi connectivity index (χ3n) is 2.86. The Morgan fingerprint density at radius 2 is 2.39 bits per heavy atom. The number of ether oxygens (including phenoxy) is 1. The Balaban J connectivity index is 2.11. The van der Waals surface area contributed by atoms with Crippen LogP contribution in [-0.4, -0.2) is 18.7 Å². The van der Waals surface area contributed by atoms with Crippen LogP contribution >= 0.6 is 0 Å². The molecule has 0 spiro atoms. The van der Waals surface area contributed by atoms with E-state index in [0.29, 0.717) is 36.1 Å². The average Bonchev–Trinajstić information content (AvgIpc) is 2.40. The normalized spacial score (nSPS) is 14.6. The van der Waals surface area contributed by atoms with Gasteiger partial charge >= 0.3 is 0 Å². The highest BCUT2D eigenvalue weighted by Gasteiger charge is 2.14. The zero-order chi connectivity index (χ0) is 13.0. The van der Waals surface area contributed by atoms with E-state index in [2.05, 4.69) is 4.99 Å². The molecule has 2 rings (SSSR count). The van der Waals surface area contributed by atoms with E-state index in [9.17, 15) is 9.18 Å². The van der Waals surface area contributed by atoms with Crippen molar-refractivity contribution in [3.63, 3.8) is 0 Å². The first-order chi connectivity index (χ1) is 8.74. The molecule has 0 unspecified atom stereocenters. The summed E-state index contributed by atoms with van der Waals surface area (Å²) in [6, 6.07) is 5.22. The highest BCUT2D eigenvalue weighted by Crippen LogP contribution is 2.21. The number of benzene rings is 1. The molecule has 18 heavy (non-hydrogen) atoms. The molecule has 94 valence electrons. The number of nitrogens with zero attached hydrogens (tertiary/aromatic N) is 1. The van der Waals surface area contributed by atoms with Crippen molar-refractivity contribution in [1.29, 1.82) is 0 Å². The standard InChI is InChI=1S/C14H14FNO2/c1-2-10(8-15)9-18-12-3-4-13-11(7-12)5-6-16-14(13)17/h3-4,6-8H,2,5,9H2,1H3/b10-8-. The molecule has 0 saturated carbocycles. The van der Waals surface area contributed by atoms with E-state index < -0.39 is 0 Å². The van der Waals surface area contributed by atoms with E-state index in [1.165, 1.54) is 0 Å². The van der Waals surface area contributed by atoms with Crippen LogP contribution in [0.1, 0.15) is 29.3 Å². The van der Waals surface area contributed by atoms with Crippen molar-refractivity contribution in [2.75, 3.05) is 6.61 Å². The monoisotopic (exact) mass is 247 g/mol. The minimum absolute atomic E-state index is 0.222. The summed E-state index contributed by atoms with van der Waals surface area (Å²) < 4.78 is 17.9. The van der Waals surface area contributed by atoms with E-state index in [0.717, 1.165) is 5.56 Å². The molecular formula is C14H14FNO2. The second-order valence-electron chi connectivity index (χ2n) is 4.05. The summed E-state index contributed by atoms with van der Waals surface area (Å²) in [6.45, 7) is 2.10. The molecule has 0 bridgehead atoms. The van der Waals surface area contributed by atoms with Gasteiger partial charge in [0.05, 0.1) is 6.33 Å². The fourth-order valence-corrected chi connectivity index (χ4v) is 1.72. The highest BCUT2D eigenvalue weighted by molar-refractivity contribution is 6.03. The quantitative estimate of drug-likeness (QED) is 0.820. The van der Waals surface area contributed by atoms with Gasteiger partial charge in [-0.3, -0.25) is 4.79 Å². The summed E-state index contributed by atoms with van der Waals surface area (Å²) in [5.74, 6) is 0.422. The topological polar surface area (TPSA) is 38.7 Å². The van der Waals surface area contributed by atoms with Crippen LogP contribution in [-0.2, 0) is 6.42 Å². The fourth-order valence-electron chi connectivity index (χ4n) is 1.72. The molecule has 1 heterocycles. The van der Waals surface area contributed by atoms with Gasteiger partial charge in [-0.2, -0.15) is 0 Å². The number of carbonyl (C=O) groups is 1. The van der Waals surface area contributed by atoms with Crippen LogP contribution in [0.15, 0.2) is 35.1 Å². The van der Waals surface area contributed by atoms with Crippen molar-refractivity contribution in [1.82, 2.24) is 0 Å². The van der Waals surface area contributed by atoms with E-state index in [1.807, 2.05) is 13.0 Å². The van der Waals surface area contributed by atoms with E-state index in [1.54, 1.807) is 18.3 Å². The Labute approximate surface area is 105 Å². The van der Waals surface area contributed by atoms with Gasteiger partial charge in [0.1, 0.15) is 12.4 Å². The molecule has 1 aromatic carbocycles. The van der Waals surface area contributed by atoms with Crippen LogP contribution < -0.4 is 4.74 Å². The lowest BCUT2D eigenvalue weighted by Crippen LogP contribution is -2.09. The zero-order valence-electron chi connectivity index (χ0n) is 10.1. The van der Waals surface area contributed by atoms with Gasteiger partial charge in [-0.05, 0) is 35.8 Å². The number of fused-ring (bicyclic) bond motifs is 1. The van der Waals surface area contributed by atoms with Crippen LogP contribution in [0.2, 0.25) is 0 Å². The van der Waals surface area contributed by atoms with E-state index >= 15 is 0 Å². The van der Waals surface area contributed by atoms with Gasteiger partial charge < -0.3 is 4.74 Å². The molecule has 0 fully saturated rings. The predicted octanol–water partition coefficient (Wildman–Crippen LogP) is 3.10. The maximum absolute atomic E-state index is 12.4. The van der Waals surface area contributed by atoms with Crippen LogP contribution in [0.25, 0.3) is 0 Å². The summed E-state index contributed by atoms with van der Waals surface area (Å²) in [5.41, 5.74) is 2.11. The Morgan fingerprint density at radius 1 is 1.56 bits per heavy atom. The largest absolute Gasteiger partial charge is 0.489 e. The molecule has 1 amide bonds. The van der Waals surface area contributed by atoms with Crippen molar-refractivity contribution >= 4 is 12.1 Å². The summed E-state index contributed by atoms with van der Waals surface area (Å²) in [5, 5.41) is 0. The number of hydrogen-bond donors (Lipinski definition) is 0. The van der Waals surface area contributed by atoms with Crippen LogP contribution in [0.4, 0.5) is 4.39 Å². The lowest BCUT2D eigenvalue weighted by Gasteiger charge is -2.12. The number of halogens is 1. The Hall–Kier alpha value is -1.97. The number of rotatable bonds is 4. The van der Waals surface area contributed by atoms with E-state index in [-0.39, 0.29) is 12.5 Å². The van der Waals surface area contributed by atoms with Crippen LogP contribution in [0.5, 0.6) is 5.75 Å². The summed E-state index contributed by atoms with van der Waals surface area (Å²) in [7, 11) is 0. The maximum Gasteiger partial charge on any atom is 0.276 e. The lowest BCUT2D eigenvalue weighted by molar-refractivity contribution is 0.100. The first-order valence-electron chi connectivity index (χ1n) is 5.85. The molecule has 0 saturated heterocycles. The predicted molar refractivity (Wildman–Crippen MR) is 67.9 cm³/mol. The highest BCUT2D eigenvalue weighted by atomic mass is 19.1. The van der Waals surface area contributed by atoms with Gasteiger partial charge in [0, 0.05) is 18.2 Å². The van der Waals surface area contributed by atoms with Gasteiger partial charge in [0.15, 0.2) is 0 Å². The van der Waals surface area contributed by atoms with Crippen LogP contribution in [0, 0.1) is 0 Å². The van der Waals surface area contributed by atoms with E-state index in [4.69, 9.17) is 4.74 Å². The van der Waals surface area contributed by atoms with Crippen molar-refractivity contribution in [3.8, 4) is 5.75 Å². The molecule has 1 aliphatic rings. The summed E-state index contributed by atoms with van der Waals surface area (Å²) >= 11 is 0. The van der Waals surface area contributed by atoms with Gasteiger partial charge in [-0.1, -0.05) is 6.92 Å². The summed E-state index contributed by atoms with van der Waals surface area (Å²) in [4.78, 5) is 15.2. The molecule has 0 N–H and O–H groups in total. The minimum atomic E-state index is -0.222. The Morgan fingerprint density at radius 3 is 3.11 bits per heavy atom. The molecule has 0 atom stereocenters. The second-order valence-corrected chi connectivity index (χ2v) is 4.05. The Kier molecular flexibility index (Phi) is 3.87. The van der Waals surface area contributed by atoms with Crippen LogP contribution in [0.3, 0.4) is 0 Å². The fraction of sp³-hybridized carbons (Fsp3) is 0.286. The smallest absolute Gasteiger partial charge is 0.276 e. The maximum atomic E-state index is 12.4. The third-order valence-corrected chi connectivity index (χ3v) is 2.86. The number of amides is 1. The molecule has 4 heteroatoms. The third kappa shape index (κ3) is 2.64. The molecule has 0 radical (unpaired) electrons. The zero-order valence-corrected chi connectivity index (χ0v) is 10.1. The first-order valence-corrected chi connectivity index (χ1v) is 5.85. The lowest BCUT2D eigenvalue weighted by atomic mass is 10.0.